The maximum Gasteiger partial charge on any atom is 0.269 e. The number of rotatable bonds is 7. The molecular weight excluding hydrogens is 444 g/mol. The number of aromatic nitrogens is 2. The minimum atomic E-state index is -0.447. The zero-order chi connectivity index (χ0) is 20.1. The highest BCUT2D eigenvalue weighted by atomic mass is 79.9. The molecule has 0 fully saturated rings. The first-order chi connectivity index (χ1) is 13.4. The molecule has 1 aromatic heterocycles. The van der Waals surface area contributed by atoms with Crippen molar-refractivity contribution < 1.29 is 9.72 Å². The molecule has 1 amide bonds. The lowest BCUT2D eigenvalue weighted by atomic mass is 10.2. The summed E-state index contributed by atoms with van der Waals surface area (Å²) in [7, 11) is 0. The van der Waals surface area contributed by atoms with Crippen molar-refractivity contribution in [3.63, 3.8) is 0 Å². The van der Waals surface area contributed by atoms with Gasteiger partial charge < -0.3 is 5.32 Å². The normalized spacial score (nSPS) is 11.8. The van der Waals surface area contributed by atoms with Crippen LogP contribution in [0.1, 0.15) is 12.5 Å². The average Bonchev–Trinajstić information content (AvgIpc) is 3.08. The zero-order valence-corrected chi connectivity index (χ0v) is 17.3. The number of nitrogens with one attached hydrogen (secondary N) is 1. The van der Waals surface area contributed by atoms with E-state index < -0.39 is 4.92 Å². The molecule has 1 atom stereocenters. The third-order valence-electron chi connectivity index (χ3n) is 3.92. The Balaban J connectivity index is 1.63. The van der Waals surface area contributed by atoms with Gasteiger partial charge in [-0.05, 0) is 36.8 Å². The molecule has 1 N–H and O–H groups in total. The third kappa shape index (κ3) is 5.20. The first kappa shape index (κ1) is 20.1. The molecule has 0 saturated heterocycles. The van der Waals surface area contributed by atoms with Crippen molar-refractivity contribution in [2.24, 2.45) is 0 Å². The summed E-state index contributed by atoms with van der Waals surface area (Å²) in [6, 6.07) is 15.8. The number of benzene rings is 2. The summed E-state index contributed by atoms with van der Waals surface area (Å²) in [5.41, 5.74) is 1.08. The smallest absolute Gasteiger partial charge is 0.269 e. The predicted octanol–water partition coefficient (Wildman–Crippen LogP) is 4.72. The molecule has 2 aromatic carbocycles. The second kappa shape index (κ2) is 9.03. The molecule has 28 heavy (non-hydrogen) atoms. The Labute approximate surface area is 174 Å². The number of hydrogen-bond donors (Lipinski definition) is 1. The molecule has 0 radical (unpaired) electrons. The van der Waals surface area contributed by atoms with E-state index in [0.29, 0.717) is 12.4 Å². The van der Waals surface area contributed by atoms with E-state index in [9.17, 15) is 14.9 Å². The fourth-order valence-corrected chi connectivity index (χ4v) is 3.82. The van der Waals surface area contributed by atoms with E-state index in [-0.39, 0.29) is 16.8 Å². The number of hydrogen-bond acceptors (Lipinski definition) is 5. The van der Waals surface area contributed by atoms with Gasteiger partial charge in [-0.2, -0.15) is 5.10 Å². The van der Waals surface area contributed by atoms with E-state index in [1.807, 2.05) is 24.3 Å². The summed E-state index contributed by atoms with van der Waals surface area (Å²) in [4.78, 5) is 23.6. The van der Waals surface area contributed by atoms with Crippen molar-refractivity contribution in [2.75, 3.05) is 5.32 Å². The number of carbonyl (C=O) groups is 1. The molecule has 0 bridgehead atoms. The average molecular weight is 461 g/mol. The standard InChI is InChI=1S/C19H17BrN4O3S/c1-13(28-17-7-5-16(6-8-17)24(26)27)19(25)22-18-9-10-21-23(18)12-14-3-2-4-15(20)11-14/h2-11,13H,12H2,1H3,(H,22,25). The number of nitro benzene ring substituents is 1. The van der Waals surface area contributed by atoms with Gasteiger partial charge >= 0.3 is 0 Å². The molecule has 144 valence electrons. The van der Waals surface area contributed by atoms with Gasteiger partial charge in [0.25, 0.3) is 5.69 Å². The van der Waals surface area contributed by atoms with E-state index in [1.165, 1.54) is 23.9 Å². The summed E-state index contributed by atoms with van der Waals surface area (Å²) in [5.74, 6) is 0.445. The Morgan fingerprint density at radius 3 is 2.71 bits per heavy atom. The van der Waals surface area contributed by atoms with Gasteiger partial charge in [0.05, 0.1) is 22.9 Å². The summed E-state index contributed by atoms with van der Waals surface area (Å²) in [6.45, 7) is 2.32. The van der Waals surface area contributed by atoms with Gasteiger partial charge in [0.1, 0.15) is 5.82 Å². The van der Waals surface area contributed by atoms with Crippen LogP contribution < -0.4 is 5.32 Å². The van der Waals surface area contributed by atoms with Crippen LogP contribution in [0.5, 0.6) is 0 Å². The van der Waals surface area contributed by atoms with Gasteiger partial charge in [0.2, 0.25) is 5.91 Å². The van der Waals surface area contributed by atoms with Crippen molar-refractivity contribution in [3.05, 3.63) is 80.9 Å². The number of halogens is 1. The minimum Gasteiger partial charge on any atom is -0.310 e. The van der Waals surface area contributed by atoms with Crippen molar-refractivity contribution in [3.8, 4) is 0 Å². The quantitative estimate of drug-likeness (QED) is 0.312. The second-order valence-electron chi connectivity index (χ2n) is 6.00. The number of amides is 1. The van der Waals surface area contributed by atoms with E-state index >= 15 is 0 Å². The van der Waals surface area contributed by atoms with Crippen molar-refractivity contribution in [2.45, 2.75) is 23.6 Å². The zero-order valence-electron chi connectivity index (χ0n) is 14.9. The Hall–Kier alpha value is -2.65. The van der Waals surface area contributed by atoms with Crippen LogP contribution in [0.2, 0.25) is 0 Å². The molecule has 0 spiro atoms. The Bertz CT molecular complexity index is 991. The molecule has 1 unspecified atom stereocenters. The number of non-ortho nitro benzene ring substituents is 1. The molecule has 0 aliphatic rings. The fourth-order valence-electron chi connectivity index (χ4n) is 2.51. The monoisotopic (exact) mass is 460 g/mol. The molecule has 3 aromatic rings. The van der Waals surface area contributed by atoms with Crippen LogP contribution >= 0.6 is 27.7 Å². The van der Waals surface area contributed by atoms with E-state index in [1.54, 1.807) is 36.0 Å². The van der Waals surface area contributed by atoms with Gasteiger partial charge in [-0.1, -0.05) is 28.1 Å². The van der Waals surface area contributed by atoms with Crippen LogP contribution in [-0.2, 0) is 11.3 Å². The molecule has 0 aliphatic heterocycles. The van der Waals surface area contributed by atoms with Crippen molar-refractivity contribution in [1.29, 1.82) is 0 Å². The molecule has 7 nitrogen and oxygen atoms in total. The third-order valence-corrected chi connectivity index (χ3v) is 5.52. The minimum absolute atomic E-state index is 0.0258. The molecule has 3 rings (SSSR count). The summed E-state index contributed by atoms with van der Waals surface area (Å²) >= 11 is 4.78. The van der Waals surface area contributed by atoms with Gasteiger partial charge in [-0.3, -0.25) is 14.9 Å². The SMILES string of the molecule is CC(Sc1ccc([N+](=O)[O-])cc1)C(=O)Nc1ccnn1Cc1cccc(Br)c1. The first-order valence-corrected chi connectivity index (χ1v) is 10.1. The molecular formula is C19H17BrN4O3S. The van der Waals surface area contributed by atoms with Crippen LogP contribution in [0, 0.1) is 10.1 Å². The van der Waals surface area contributed by atoms with Crippen LogP contribution in [0.15, 0.2) is 70.2 Å². The highest BCUT2D eigenvalue weighted by molar-refractivity contribution is 9.10. The van der Waals surface area contributed by atoms with Crippen LogP contribution in [0.25, 0.3) is 0 Å². The summed E-state index contributed by atoms with van der Waals surface area (Å²) in [6.07, 6.45) is 1.64. The van der Waals surface area contributed by atoms with Crippen molar-refractivity contribution >= 4 is 45.1 Å². The Morgan fingerprint density at radius 2 is 2.04 bits per heavy atom. The first-order valence-electron chi connectivity index (χ1n) is 8.40. The van der Waals surface area contributed by atoms with Gasteiger partial charge in [0.15, 0.2) is 0 Å². The number of nitro groups is 1. The fraction of sp³-hybridized carbons (Fsp3) is 0.158. The number of anilines is 1. The highest BCUT2D eigenvalue weighted by Crippen LogP contribution is 2.26. The molecule has 1 heterocycles. The number of thioether (sulfide) groups is 1. The van der Waals surface area contributed by atoms with Gasteiger partial charge in [-0.15, -0.1) is 11.8 Å². The molecule has 0 aliphatic carbocycles. The highest BCUT2D eigenvalue weighted by Gasteiger charge is 2.17. The topological polar surface area (TPSA) is 90.1 Å². The second-order valence-corrected chi connectivity index (χ2v) is 8.33. The van der Waals surface area contributed by atoms with E-state index in [0.717, 1.165) is 14.9 Å². The van der Waals surface area contributed by atoms with Gasteiger partial charge in [-0.25, -0.2) is 4.68 Å². The summed E-state index contributed by atoms with van der Waals surface area (Å²) < 4.78 is 2.71. The molecule has 9 heteroatoms. The lowest BCUT2D eigenvalue weighted by molar-refractivity contribution is -0.384. The number of nitrogens with zero attached hydrogens (tertiary/aromatic N) is 3. The molecule has 0 saturated carbocycles. The predicted molar refractivity (Wildman–Crippen MR) is 113 cm³/mol. The van der Waals surface area contributed by atoms with Crippen LogP contribution in [-0.4, -0.2) is 25.9 Å². The lowest BCUT2D eigenvalue weighted by Gasteiger charge is -2.13. The summed E-state index contributed by atoms with van der Waals surface area (Å²) in [5, 5.41) is 17.5. The lowest BCUT2D eigenvalue weighted by Crippen LogP contribution is -2.24. The van der Waals surface area contributed by atoms with Crippen molar-refractivity contribution in [1.82, 2.24) is 9.78 Å². The van der Waals surface area contributed by atoms with Crippen LogP contribution in [0.4, 0.5) is 11.5 Å². The Morgan fingerprint density at radius 1 is 1.29 bits per heavy atom. The van der Waals surface area contributed by atoms with E-state index in [2.05, 4.69) is 26.3 Å². The largest absolute Gasteiger partial charge is 0.310 e. The van der Waals surface area contributed by atoms with Crippen LogP contribution in [0.3, 0.4) is 0 Å². The van der Waals surface area contributed by atoms with Gasteiger partial charge in [0, 0.05) is 27.6 Å². The maximum absolute atomic E-state index is 12.6. The maximum atomic E-state index is 12.6. The Kier molecular flexibility index (Phi) is 6.48. The van der Waals surface area contributed by atoms with E-state index in [4.69, 9.17) is 0 Å². The number of carbonyl (C=O) groups excluding carboxylic acids is 1.